The molecule has 118 valence electrons. The van der Waals surface area contributed by atoms with E-state index in [1.165, 1.54) is 0 Å². The average Bonchev–Trinajstić information content (AvgIpc) is 3.05. The van der Waals surface area contributed by atoms with Crippen molar-refractivity contribution in [2.75, 3.05) is 12.3 Å². The summed E-state index contributed by atoms with van der Waals surface area (Å²) in [5, 5.41) is 10.2. The zero-order chi connectivity index (χ0) is 15.5. The van der Waals surface area contributed by atoms with Crippen LogP contribution in [0.1, 0.15) is 51.9 Å². The number of carbonyl (C=O) groups excluding carboxylic acids is 1. The van der Waals surface area contributed by atoms with Gasteiger partial charge in [0.15, 0.2) is 0 Å². The van der Waals surface area contributed by atoms with Gasteiger partial charge in [-0.05, 0) is 25.0 Å². The third kappa shape index (κ3) is 4.78. The van der Waals surface area contributed by atoms with Gasteiger partial charge < -0.3 is 14.4 Å². The fourth-order valence-corrected chi connectivity index (χ4v) is 3.35. The van der Waals surface area contributed by atoms with E-state index >= 15 is 0 Å². The Kier molecular flexibility index (Phi) is 5.38. The number of aliphatic hydroxyl groups excluding tert-OH is 1. The van der Waals surface area contributed by atoms with Gasteiger partial charge in [0.05, 0.1) is 12.0 Å². The molecule has 4 nitrogen and oxygen atoms in total. The average molecular weight is 311 g/mol. The molecule has 0 aliphatic carbocycles. The minimum atomic E-state index is -0.631. The minimum Gasteiger partial charge on any atom is -0.467 e. The van der Waals surface area contributed by atoms with Crippen molar-refractivity contribution in [3.63, 3.8) is 0 Å². The largest absolute Gasteiger partial charge is 0.467 e. The number of thioether (sulfide) groups is 1. The van der Waals surface area contributed by atoms with Crippen LogP contribution in [0.15, 0.2) is 22.8 Å². The molecule has 0 saturated carbocycles. The summed E-state index contributed by atoms with van der Waals surface area (Å²) in [6.07, 6.45) is 3.47. The summed E-state index contributed by atoms with van der Waals surface area (Å²) in [6.45, 7) is 7.16. The quantitative estimate of drug-likeness (QED) is 0.907. The Bertz CT molecular complexity index is 453. The highest BCUT2D eigenvalue weighted by Gasteiger charge is 2.31. The molecule has 0 aromatic carbocycles. The molecule has 1 amide bonds. The maximum absolute atomic E-state index is 12.4. The maximum Gasteiger partial charge on any atom is 0.232 e. The Labute approximate surface area is 130 Å². The maximum atomic E-state index is 12.4. The lowest BCUT2D eigenvalue weighted by Crippen LogP contribution is -2.38. The first-order valence-corrected chi connectivity index (χ1v) is 8.50. The van der Waals surface area contributed by atoms with Crippen LogP contribution < -0.4 is 0 Å². The van der Waals surface area contributed by atoms with Crippen LogP contribution in [0.25, 0.3) is 0 Å². The van der Waals surface area contributed by atoms with Gasteiger partial charge in [-0.3, -0.25) is 4.79 Å². The minimum absolute atomic E-state index is 0.0958. The Morgan fingerprint density at radius 3 is 2.95 bits per heavy atom. The number of furan rings is 1. The number of aliphatic hydroxyl groups is 1. The van der Waals surface area contributed by atoms with E-state index in [9.17, 15) is 9.90 Å². The van der Waals surface area contributed by atoms with Gasteiger partial charge in [0, 0.05) is 23.8 Å². The first-order chi connectivity index (χ1) is 9.87. The van der Waals surface area contributed by atoms with E-state index in [-0.39, 0.29) is 16.7 Å². The van der Waals surface area contributed by atoms with E-state index in [4.69, 9.17) is 4.42 Å². The third-order valence-corrected chi connectivity index (χ3v) is 4.95. The molecule has 21 heavy (non-hydrogen) atoms. The zero-order valence-electron chi connectivity index (χ0n) is 13.0. The van der Waals surface area contributed by atoms with Crippen molar-refractivity contribution < 1.29 is 14.3 Å². The summed E-state index contributed by atoms with van der Waals surface area (Å²) in [6, 6.07) is 3.68. The molecular formula is C16H25NO3S. The molecule has 2 rings (SSSR count). The van der Waals surface area contributed by atoms with Crippen LogP contribution in [0.3, 0.4) is 0 Å². The van der Waals surface area contributed by atoms with Crippen LogP contribution >= 0.6 is 11.8 Å². The molecule has 1 aromatic rings. The summed E-state index contributed by atoms with van der Waals surface area (Å²) in [7, 11) is 0. The second-order valence-electron chi connectivity index (χ2n) is 6.55. The normalized spacial score (nSPS) is 20.8. The molecule has 1 fully saturated rings. The number of hydrogen-bond donors (Lipinski definition) is 1. The van der Waals surface area contributed by atoms with Gasteiger partial charge in [-0.1, -0.05) is 20.8 Å². The van der Waals surface area contributed by atoms with Gasteiger partial charge in [0.25, 0.3) is 0 Å². The van der Waals surface area contributed by atoms with Crippen molar-refractivity contribution in [2.24, 2.45) is 0 Å². The Morgan fingerprint density at radius 1 is 1.57 bits per heavy atom. The van der Waals surface area contributed by atoms with Crippen molar-refractivity contribution >= 4 is 17.7 Å². The predicted molar refractivity (Wildman–Crippen MR) is 85.2 cm³/mol. The molecule has 1 aliphatic rings. The SMILES string of the molecule is CC(C)(C)SCC(=O)N1CCCC1CC(O)c1ccco1. The number of hydrogen-bond acceptors (Lipinski definition) is 4. The van der Waals surface area contributed by atoms with Crippen LogP contribution in [-0.4, -0.2) is 39.0 Å². The molecule has 5 heteroatoms. The van der Waals surface area contributed by atoms with E-state index in [0.29, 0.717) is 17.9 Å². The molecule has 0 bridgehead atoms. The van der Waals surface area contributed by atoms with Gasteiger partial charge in [-0.15, -0.1) is 11.8 Å². The second kappa shape index (κ2) is 6.88. The van der Waals surface area contributed by atoms with E-state index in [1.54, 1.807) is 30.2 Å². The Morgan fingerprint density at radius 2 is 2.33 bits per heavy atom. The summed E-state index contributed by atoms with van der Waals surface area (Å²) in [5.74, 6) is 1.28. The summed E-state index contributed by atoms with van der Waals surface area (Å²) in [4.78, 5) is 14.3. The van der Waals surface area contributed by atoms with Gasteiger partial charge >= 0.3 is 0 Å². The van der Waals surface area contributed by atoms with Crippen LogP contribution in [0.5, 0.6) is 0 Å². The lowest BCUT2D eigenvalue weighted by molar-refractivity contribution is -0.129. The fraction of sp³-hybridized carbons (Fsp3) is 0.688. The first kappa shape index (κ1) is 16.4. The van der Waals surface area contributed by atoms with Crippen LogP contribution in [0.2, 0.25) is 0 Å². The number of rotatable bonds is 5. The molecule has 2 heterocycles. The lowest BCUT2D eigenvalue weighted by atomic mass is 10.1. The van der Waals surface area contributed by atoms with E-state index in [2.05, 4.69) is 20.8 Å². The summed E-state index contributed by atoms with van der Waals surface area (Å²) in [5.41, 5.74) is 0. The van der Waals surface area contributed by atoms with E-state index < -0.39 is 6.10 Å². The third-order valence-electron chi connectivity index (χ3n) is 3.69. The van der Waals surface area contributed by atoms with E-state index in [0.717, 1.165) is 19.4 Å². The van der Waals surface area contributed by atoms with Crippen molar-refractivity contribution in [3.05, 3.63) is 24.2 Å². The van der Waals surface area contributed by atoms with Crippen molar-refractivity contribution in [3.8, 4) is 0 Å². The highest BCUT2D eigenvalue weighted by molar-refractivity contribution is 8.01. The van der Waals surface area contributed by atoms with Gasteiger partial charge in [0.2, 0.25) is 5.91 Å². The Balaban J connectivity index is 1.89. The predicted octanol–water partition coefficient (Wildman–Crippen LogP) is 3.23. The molecule has 1 aromatic heterocycles. The number of likely N-dealkylation sites (tertiary alicyclic amines) is 1. The Hall–Kier alpha value is -0.940. The monoisotopic (exact) mass is 311 g/mol. The number of carbonyl (C=O) groups is 1. The molecule has 2 atom stereocenters. The van der Waals surface area contributed by atoms with Crippen molar-refractivity contribution in [2.45, 2.75) is 56.9 Å². The highest BCUT2D eigenvalue weighted by atomic mass is 32.2. The molecule has 1 saturated heterocycles. The van der Waals surface area contributed by atoms with Crippen LogP contribution in [-0.2, 0) is 4.79 Å². The van der Waals surface area contributed by atoms with Gasteiger partial charge in [-0.2, -0.15) is 0 Å². The van der Waals surface area contributed by atoms with Gasteiger partial charge in [-0.25, -0.2) is 0 Å². The molecular weight excluding hydrogens is 286 g/mol. The summed E-state index contributed by atoms with van der Waals surface area (Å²) < 4.78 is 5.33. The fourth-order valence-electron chi connectivity index (χ4n) is 2.62. The molecule has 0 spiro atoms. The van der Waals surface area contributed by atoms with Gasteiger partial charge in [0.1, 0.15) is 11.9 Å². The van der Waals surface area contributed by atoms with E-state index in [1.807, 2.05) is 4.90 Å². The van der Waals surface area contributed by atoms with Crippen LogP contribution in [0.4, 0.5) is 0 Å². The van der Waals surface area contributed by atoms with Crippen molar-refractivity contribution in [1.82, 2.24) is 4.90 Å². The van der Waals surface area contributed by atoms with Crippen LogP contribution in [0, 0.1) is 0 Å². The first-order valence-electron chi connectivity index (χ1n) is 7.52. The topological polar surface area (TPSA) is 53.7 Å². The number of nitrogens with zero attached hydrogens (tertiary/aromatic N) is 1. The second-order valence-corrected chi connectivity index (χ2v) is 8.35. The molecule has 0 radical (unpaired) electrons. The smallest absolute Gasteiger partial charge is 0.232 e. The molecule has 1 N–H and O–H groups in total. The standard InChI is InChI=1S/C16H25NO3S/c1-16(2,3)21-11-15(19)17-8-4-6-12(17)10-13(18)14-7-5-9-20-14/h5,7,9,12-13,18H,4,6,8,10-11H2,1-3H3. The summed E-state index contributed by atoms with van der Waals surface area (Å²) >= 11 is 1.67. The highest BCUT2D eigenvalue weighted by Crippen LogP contribution is 2.29. The molecule has 1 aliphatic heterocycles. The number of amides is 1. The zero-order valence-corrected chi connectivity index (χ0v) is 13.9. The lowest BCUT2D eigenvalue weighted by Gasteiger charge is -2.27. The van der Waals surface area contributed by atoms with Crippen molar-refractivity contribution in [1.29, 1.82) is 0 Å². The molecule has 2 unspecified atom stereocenters.